The van der Waals surface area contributed by atoms with Crippen LogP contribution in [-0.4, -0.2) is 21.7 Å². The molecule has 1 aliphatic rings. The van der Waals surface area contributed by atoms with Crippen molar-refractivity contribution in [2.24, 2.45) is 0 Å². The lowest BCUT2D eigenvalue weighted by molar-refractivity contribution is -0.384. The first-order chi connectivity index (χ1) is 14.5. The van der Waals surface area contributed by atoms with E-state index in [-0.39, 0.29) is 22.7 Å². The molecule has 1 amide bonds. The van der Waals surface area contributed by atoms with Gasteiger partial charge in [0.2, 0.25) is 0 Å². The summed E-state index contributed by atoms with van der Waals surface area (Å²) in [5, 5.41) is 22.1. The van der Waals surface area contributed by atoms with Gasteiger partial charge in [0.25, 0.3) is 17.4 Å². The van der Waals surface area contributed by atoms with Crippen LogP contribution in [0.5, 0.6) is 0 Å². The van der Waals surface area contributed by atoms with E-state index >= 15 is 0 Å². The lowest BCUT2D eigenvalue weighted by Crippen LogP contribution is -2.29. The van der Waals surface area contributed by atoms with E-state index in [0.29, 0.717) is 11.1 Å². The number of hydrogen-bond donors (Lipinski definition) is 1. The molecule has 1 heterocycles. The lowest BCUT2D eigenvalue weighted by Gasteiger charge is -2.25. The second kappa shape index (κ2) is 7.63. The van der Waals surface area contributed by atoms with Crippen LogP contribution < -0.4 is 4.90 Å². The van der Waals surface area contributed by atoms with Crippen molar-refractivity contribution in [3.8, 4) is 0 Å². The van der Waals surface area contributed by atoms with Gasteiger partial charge in [-0.3, -0.25) is 24.6 Å². The number of carbonyl (C=O) groups is 2. The Kier molecular flexibility index (Phi) is 4.85. The summed E-state index contributed by atoms with van der Waals surface area (Å²) in [7, 11) is 0. The van der Waals surface area contributed by atoms with Crippen molar-refractivity contribution < 1.29 is 19.6 Å². The molecule has 1 N–H and O–H groups in total. The number of benzene rings is 3. The van der Waals surface area contributed by atoms with Gasteiger partial charge in [-0.2, -0.15) is 0 Å². The van der Waals surface area contributed by atoms with Gasteiger partial charge in [0.05, 0.1) is 22.2 Å². The predicted molar refractivity (Wildman–Crippen MR) is 111 cm³/mol. The third-order valence-corrected chi connectivity index (χ3v) is 4.93. The number of amides is 1. The summed E-state index contributed by atoms with van der Waals surface area (Å²) < 4.78 is 0. The van der Waals surface area contributed by atoms with E-state index in [9.17, 15) is 24.8 Å². The maximum absolute atomic E-state index is 13.0. The highest BCUT2D eigenvalue weighted by Crippen LogP contribution is 2.42. The third-order valence-electron chi connectivity index (χ3n) is 4.93. The first-order valence-corrected chi connectivity index (χ1v) is 9.15. The van der Waals surface area contributed by atoms with Crippen molar-refractivity contribution >= 4 is 28.8 Å². The molecule has 1 atom stereocenters. The topological polar surface area (TPSA) is 101 Å². The van der Waals surface area contributed by atoms with Crippen LogP contribution in [0.2, 0.25) is 0 Å². The number of carbonyl (C=O) groups excluding carboxylic acids is 2. The number of Topliss-reactive ketones (excluding diaryl/α,β-unsaturated/α-hetero) is 1. The predicted octanol–water partition coefficient (Wildman–Crippen LogP) is 4.22. The Balaban J connectivity index is 1.95. The van der Waals surface area contributed by atoms with Crippen molar-refractivity contribution in [2.45, 2.75) is 6.04 Å². The standard InChI is InChI=1S/C23H16N2O5/c26-21(16-10-5-2-6-11-16)19-20(15-8-3-1-4-9-15)24(23(28)22(19)27)17-12-7-13-18(14-17)25(29)30/h1-14,20,26H/b21-19-. The smallest absolute Gasteiger partial charge is 0.300 e. The van der Waals surface area contributed by atoms with E-state index in [0.717, 1.165) is 0 Å². The Bertz CT molecular complexity index is 1170. The Hall–Kier alpha value is -4.26. The molecule has 7 heteroatoms. The molecule has 30 heavy (non-hydrogen) atoms. The summed E-state index contributed by atoms with van der Waals surface area (Å²) in [6.45, 7) is 0. The summed E-state index contributed by atoms with van der Waals surface area (Å²) in [6, 6.07) is 21.8. The molecular weight excluding hydrogens is 384 g/mol. The molecule has 1 aliphatic heterocycles. The molecule has 0 bridgehead atoms. The monoisotopic (exact) mass is 400 g/mol. The van der Waals surface area contributed by atoms with Gasteiger partial charge in [-0.15, -0.1) is 0 Å². The SMILES string of the molecule is O=C1C(=O)N(c2cccc([N+](=O)[O-])c2)C(c2ccccc2)/C1=C(/O)c1ccccc1. The van der Waals surface area contributed by atoms with Crippen LogP contribution in [0.1, 0.15) is 17.2 Å². The van der Waals surface area contributed by atoms with Crippen LogP contribution >= 0.6 is 0 Å². The van der Waals surface area contributed by atoms with E-state index < -0.39 is 22.7 Å². The average molecular weight is 400 g/mol. The highest BCUT2D eigenvalue weighted by Gasteiger charge is 2.47. The van der Waals surface area contributed by atoms with Crippen LogP contribution in [0, 0.1) is 10.1 Å². The normalized spacial score (nSPS) is 17.9. The molecule has 1 saturated heterocycles. The summed E-state index contributed by atoms with van der Waals surface area (Å²) in [4.78, 5) is 37.8. The molecule has 3 aromatic rings. The molecule has 1 fully saturated rings. The fourth-order valence-electron chi connectivity index (χ4n) is 3.56. The summed E-state index contributed by atoms with van der Waals surface area (Å²) in [5.74, 6) is -2.01. The minimum atomic E-state index is -0.923. The summed E-state index contributed by atoms with van der Waals surface area (Å²) in [5.41, 5.74) is 0.927. The maximum Gasteiger partial charge on any atom is 0.300 e. The Morgan fingerprint density at radius 3 is 2.17 bits per heavy atom. The second-order valence-electron chi connectivity index (χ2n) is 6.72. The number of ketones is 1. The number of nitrogens with zero attached hydrogens (tertiary/aromatic N) is 2. The zero-order valence-electron chi connectivity index (χ0n) is 15.6. The number of nitro groups is 1. The minimum Gasteiger partial charge on any atom is -0.507 e. The molecule has 4 rings (SSSR count). The summed E-state index contributed by atoms with van der Waals surface area (Å²) in [6.07, 6.45) is 0. The van der Waals surface area contributed by atoms with Crippen molar-refractivity contribution in [1.82, 2.24) is 0 Å². The van der Waals surface area contributed by atoms with Crippen molar-refractivity contribution in [3.63, 3.8) is 0 Å². The first-order valence-electron chi connectivity index (χ1n) is 9.15. The number of non-ortho nitro benzene ring substituents is 1. The van der Waals surface area contributed by atoms with Gasteiger partial charge in [-0.1, -0.05) is 66.7 Å². The average Bonchev–Trinajstić information content (AvgIpc) is 3.05. The van der Waals surface area contributed by atoms with Crippen molar-refractivity contribution in [1.29, 1.82) is 0 Å². The zero-order valence-corrected chi connectivity index (χ0v) is 15.6. The van der Waals surface area contributed by atoms with Crippen LogP contribution in [-0.2, 0) is 9.59 Å². The van der Waals surface area contributed by atoms with Gasteiger partial charge in [-0.05, 0) is 11.6 Å². The zero-order chi connectivity index (χ0) is 21.3. The number of aliphatic hydroxyl groups excluding tert-OH is 1. The maximum atomic E-state index is 13.0. The first kappa shape index (κ1) is 19.1. The Labute approximate surface area is 171 Å². The Morgan fingerprint density at radius 1 is 0.900 bits per heavy atom. The highest BCUT2D eigenvalue weighted by atomic mass is 16.6. The molecule has 0 aliphatic carbocycles. The van der Waals surface area contributed by atoms with Gasteiger partial charge in [-0.25, -0.2) is 0 Å². The molecular formula is C23H16N2O5. The minimum absolute atomic E-state index is 0.0658. The molecule has 1 unspecified atom stereocenters. The molecule has 0 spiro atoms. The molecule has 3 aromatic carbocycles. The van der Waals surface area contributed by atoms with E-state index in [1.807, 2.05) is 0 Å². The molecule has 7 nitrogen and oxygen atoms in total. The van der Waals surface area contributed by atoms with Crippen molar-refractivity contribution in [3.05, 3.63) is 112 Å². The van der Waals surface area contributed by atoms with Crippen LogP contribution in [0.3, 0.4) is 0 Å². The van der Waals surface area contributed by atoms with Crippen LogP contribution in [0.25, 0.3) is 5.76 Å². The Morgan fingerprint density at radius 2 is 1.53 bits per heavy atom. The number of nitro benzene ring substituents is 1. The molecule has 0 radical (unpaired) electrons. The van der Waals surface area contributed by atoms with Crippen LogP contribution in [0.15, 0.2) is 90.5 Å². The van der Waals surface area contributed by atoms with Gasteiger partial charge < -0.3 is 5.11 Å². The van der Waals surface area contributed by atoms with Gasteiger partial charge in [0.15, 0.2) is 0 Å². The fourth-order valence-corrected chi connectivity index (χ4v) is 3.56. The number of hydrogen-bond acceptors (Lipinski definition) is 5. The van der Waals surface area contributed by atoms with Crippen molar-refractivity contribution in [2.75, 3.05) is 4.90 Å². The highest BCUT2D eigenvalue weighted by molar-refractivity contribution is 6.51. The van der Waals surface area contributed by atoms with Gasteiger partial charge in [0.1, 0.15) is 5.76 Å². The van der Waals surface area contributed by atoms with E-state index in [2.05, 4.69) is 0 Å². The summed E-state index contributed by atoms with van der Waals surface area (Å²) >= 11 is 0. The molecule has 0 aromatic heterocycles. The van der Waals surface area contributed by atoms with Gasteiger partial charge in [0, 0.05) is 17.7 Å². The quantitative estimate of drug-likeness (QED) is 0.232. The number of rotatable bonds is 4. The largest absolute Gasteiger partial charge is 0.507 e. The molecule has 148 valence electrons. The fraction of sp³-hybridized carbons (Fsp3) is 0.0435. The van der Waals surface area contributed by atoms with E-state index in [4.69, 9.17) is 0 Å². The number of anilines is 1. The molecule has 0 saturated carbocycles. The third kappa shape index (κ3) is 3.22. The lowest BCUT2D eigenvalue weighted by atomic mass is 9.95. The number of aliphatic hydroxyl groups is 1. The van der Waals surface area contributed by atoms with Gasteiger partial charge >= 0.3 is 0 Å². The second-order valence-corrected chi connectivity index (χ2v) is 6.72. The van der Waals surface area contributed by atoms with E-state index in [1.54, 1.807) is 60.7 Å². The van der Waals surface area contributed by atoms with E-state index in [1.165, 1.54) is 29.2 Å². The van der Waals surface area contributed by atoms with Crippen LogP contribution in [0.4, 0.5) is 11.4 Å².